The third-order valence-electron chi connectivity index (χ3n) is 5.94. The largest absolute Gasteiger partial charge is 0.0588 e. The van der Waals surface area contributed by atoms with Gasteiger partial charge in [-0.25, -0.2) is 0 Å². The van der Waals surface area contributed by atoms with Gasteiger partial charge in [0, 0.05) is 0 Å². The lowest BCUT2D eigenvalue weighted by Gasteiger charge is -2.45. The molecule has 3 aliphatic rings. The van der Waals surface area contributed by atoms with Gasteiger partial charge in [0.15, 0.2) is 0 Å². The Morgan fingerprint density at radius 1 is 0.917 bits per heavy atom. The van der Waals surface area contributed by atoms with E-state index in [1.807, 2.05) is 0 Å². The SMILES string of the molecule is CC12CCCC3CC1CCC32C. The zero-order valence-electron chi connectivity index (χ0n) is 8.40. The van der Waals surface area contributed by atoms with E-state index in [-0.39, 0.29) is 0 Å². The molecule has 0 aromatic heterocycles. The number of rotatable bonds is 0. The predicted octanol–water partition coefficient (Wildman–Crippen LogP) is 3.61. The van der Waals surface area contributed by atoms with Crippen LogP contribution < -0.4 is 0 Å². The first-order chi connectivity index (χ1) is 5.67. The van der Waals surface area contributed by atoms with Crippen molar-refractivity contribution in [2.45, 2.75) is 52.4 Å². The molecule has 3 saturated carbocycles. The number of hydrogen-bond donors (Lipinski definition) is 0. The summed E-state index contributed by atoms with van der Waals surface area (Å²) in [6.07, 6.45) is 9.26. The Balaban J connectivity index is 2.10. The molecule has 0 aromatic carbocycles. The highest BCUT2D eigenvalue weighted by Gasteiger charge is 2.64. The second-order valence-corrected chi connectivity index (χ2v) is 5.90. The van der Waals surface area contributed by atoms with Crippen LogP contribution in [0.3, 0.4) is 0 Å². The van der Waals surface area contributed by atoms with Crippen LogP contribution in [0, 0.1) is 22.7 Å². The summed E-state index contributed by atoms with van der Waals surface area (Å²) in [4.78, 5) is 0. The smallest absolute Gasteiger partial charge is 0.0241 e. The molecule has 3 rings (SSSR count). The normalized spacial score (nSPS) is 62.5. The van der Waals surface area contributed by atoms with Gasteiger partial charge in [0.1, 0.15) is 0 Å². The van der Waals surface area contributed by atoms with E-state index in [4.69, 9.17) is 0 Å². The standard InChI is InChI=1S/C12H20/c1-11-6-3-4-9-8-10(11)5-7-12(9,11)2/h9-10H,3-8H2,1-2H3. The van der Waals surface area contributed by atoms with Crippen molar-refractivity contribution in [3.63, 3.8) is 0 Å². The van der Waals surface area contributed by atoms with Crippen LogP contribution in [0.4, 0.5) is 0 Å². The van der Waals surface area contributed by atoms with Gasteiger partial charge >= 0.3 is 0 Å². The maximum absolute atomic E-state index is 2.59. The summed E-state index contributed by atoms with van der Waals surface area (Å²) in [6.45, 7) is 5.17. The molecule has 0 radical (unpaired) electrons. The summed E-state index contributed by atoms with van der Waals surface area (Å²) in [6, 6.07) is 0. The molecule has 0 aliphatic heterocycles. The zero-order chi connectivity index (χ0) is 8.40. The van der Waals surface area contributed by atoms with Gasteiger partial charge in [0.25, 0.3) is 0 Å². The zero-order valence-corrected chi connectivity index (χ0v) is 8.40. The molecular weight excluding hydrogens is 144 g/mol. The average Bonchev–Trinajstić information content (AvgIpc) is 2.36. The monoisotopic (exact) mass is 164 g/mol. The van der Waals surface area contributed by atoms with E-state index in [9.17, 15) is 0 Å². The lowest BCUT2D eigenvalue weighted by molar-refractivity contribution is 0.0358. The first kappa shape index (κ1) is 7.41. The number of hydrogen-bond acceptors (Lipinski definition) is 0. The van der Waals surface area contributed by atoms with Gasteiger partial charge in [-0.05, 0) is 54.8 Å². The summed E-state index contributed by atoms with van der Waals surface area (Å²) < 4.78 is 0. The van der Waals surface area contributed by atoms with Gasteiger partial charge in [0.2, 0.25) is 0 Å². The van der Waals surface area contributed by atoms with Gasteiger partial charge in [0.05, 0.1) is 0 Å². The first-order valence-electron chi connectivity index (χ1n) is 5.67. The maximum atomic E-state index is 2.59. The van der Waals surface area contributed by atoms with Crippen LogP contribution >= 0.6 is 0 Å². The molecule has 0 saturated heterocycles. The fourth-order valence-electron chi connectivity index (χ4n) is 4.84. The highest BCUT2D eigenvalue weighted by molar-refractivity contribution is 5.13. The Bertz CT molecular complexity index is 208. The van der Waals surface area contributed by atoms with Crippen molar-refractivity contribution >= 4 is 0 Å². The molecule has 4 bridgehead atoms. The van der Waals surface area contributed by atoms with Crippen LogP contribution in [0.1, 0.15) is 52.4 Å². The molecule has 0 nitrogen and oxygen atoms in total. The van der Waals surface area contributed by atoms with Crippen LogP contribution in [0.25, 0.3) is 0 Å². The van der Waals surface area contributed by atoms with E-state index in [0.717, 1.165) is 22.7 Å². The molecule has 0 amide bonds. The Kier molecular flexibility index (Phi) is 1.18. The summed E-state index contributed by atoms with van der Waals surface area (Å²) in [5.74, 6) is 2.21. The summed E-state index contributed by atoms with van der Waals surface area (Å²) in [5, 5.41) is 0. The van der Waals surface area contributed by atoms with Crippen molar-refractivity contribution in [3.8, 4) is 0 Å². The van der Waals surface area contributed by atoms with Gasteiger partial charge in [-0.2, -0.15) is 0 Å². The van der Waals surface area contributed by atoms with Crippen LogP contribution in [0.2, 0.25) is 0 Å². The fraction of sp³-hybridized carbons (Fsp3) is 1.00. The maximum Gasteiger partial charge on any atom is -0.0241 e. The highest BCUT2D eigenvalue weighted by atomic mass is 14.7. The second-order valence-electron chi connectivity index (χ2n) is 5.90. The van der Waals surface area contributed by atoms with E-state index in [2.05, 4.69) is 13.8 Å². The quantitative estimate of drug-likeness (QED) is 0.513. The predicted molar refractivity (Wildman–Crippen MR) is 50.9 cm³/mol. The lowest BCUT2D eigenvalue weighted by Crippen LogP contribution is -2.37. The minimum absolute atomic E-state index is 0.760. The van der Waals surface area contributed by atoms with Crippen molar-refractivity contribution in [2.75, 3.05) is 0 Å². The minimum atomic E-state index is 0.760. The molecule has 0 heterocycles. The van der Waals surface area contributed by atoms with E-state index in [1.54, 1.807) is 25.7 Å². The Labute approximate surface area is 75.7 Å². The van der Waals surface area contributed by atoms with Crippen LogP contribution in [0.5, 0.6) is 0 Å². The molecule has 4 unspecified atom stereocenters. The minimum Gasteiger partial charge on any atom is -0.0588 e. The van der Waals surface area contributed by atoms with Gasteiger partial charge in [-0.1, -0.05) is 20.3 Å². The fourth-order valence-corrected chi connectivity index (χ4v) is 4.84. The van der Waals surface area contributed by atoms with Crippen molar-refractivity contribution in [1.82, 2.24) is 0 Å². The Morgan fingerprint density at radius 3 is 2.25 bits per heavy atom. The molecule has 3 aliphatic carbocycles. The van der Waals surface area contributed by atoms with Crippen LogP contribution in [-0.4, -0.2) is 0 Å². The Morgan fingerprint density at radius 2 is 1.58 bits per heavy atom. The van der Waals surface area contributed by atoms with Crippen molar-refractivity contribution in [1.29, 1.82) is 0 Å². The summed E-state index contributed by atoms with van der Waals surface area (Å²) in [5.41, 5.74) is 1.52. The second kappa shape index (κ2) is 1.91. The van der Waals surface area contributed by atoms with E-state index < -0.39 is 0 Å². The molecular formula is C12H20. The van der Waals surface area contributed by atoms with Crippen LogP contribution in [-0.2, 0) is 0 Å². The third kappa shape index (κ3) is 0.561. The van der Waals surface area contributed by atoms with Gasteiger partial charge < -0.3 is 0 Å². The highest BCUT2D eigenvalue weighted by Crippen LogP contribution is 2.73. The summed E-state index contributed by atoms with van der Waals surface area (Å²) in [7, 11) is 0. The Hall–Kier alpha value is 0. The van der Waals surface area contributed by atoms with Gasteiger partial charge in [-0.3, -0.25) is 0 Å². The van der Waals surface area contributed by atoms with Gasteiger partial charge in [-0.15, -0.1) is 0 Å². The summed E-state index contributed by atoms with van der Waals surface area (Å²) >= 11 is 0. The molecule has 0 aromatic rings. The molecule has 68 valence electrons. The van der Waals surface area contributed by atoms with E-state index in [0.29, 0.717) is 0 Å². The molecule has 3 fully saturated rings. The van der Waals surface area contributed by atoms with E-state index >= 15 is 0 Å². The first-order valence-corrected chi connectivity index (χ1v) is 5.67. The topological polar surface area (TPSA) is 0 Å². The molecule has 4 atom stereocenters. The molecule has 0 spiro atoms. The molecule has 0 heteroatoms. The van der Waals surface area contributed by atoms with Crippen LogP contribution in [0.15, 0.2) is 0 Å². The average molecular weight is 164 g/mol. The lowest BCUT2D eigenvalue weighted by atomic mass is 9.59. The molecule has 12 heavy (non-hydrogen) atoms. The van der Waals surface area contributed by atoms with Crippen molar-refractivity contribution in [3.05, 3.63) is 0 Å². The van der Waals surface area contributed by atoms with E-state index in [1.165, 1.54) is 12.8 Å². The van der Waals surface area contributed by atoms with Crippen molar-refractivity contribution < 1.29 is 0 Å². The third-order valence-corrected chi connectivity index (χ3v) is 5.94. The molecule has 0 N–H and O–H groups in total. The van der Waals surface area contributed by atoms with Crippen molar-refractivity contribution in [2.24, 2.45) is 22.7 Å².